The van der Waals surface area contributed by atoms with Crippen LogP contribution in [-0.2, 0) is 47.7 Å². The van der Waals surface area contributed by atoms with Crippen LogP contribution in [0.3, 0.4) is 0 Å². The standard InChI is InChI=1S/C22H29N3O10S/c1-12(26)31-11-18(33-14(3)28)21(35-16(5)30)20(34-15(4)29)17(32-13(2)27)10-25(22(23)36)19-8-6-7-9-24-19/h6-9,17-18,20-21H,10-11H2,1-5H3,(H2,23,36)/t17-,18+,20+,21+/m0/s1. The maximum Gasteiger partial charge on any atom is 0.303 e. The SMILES string of the molecule is CC(=O)OC[C@@H](OC(C)=O)[C@@H](OC(C)=O)[C@H](OC(C)=O)[C@H](CN(C(N)=S)c1ccccn1)OC(C)=O. The Kier molecular flexibility index (Phi) is 12.2. The number of nitrogens with two attached hydrogens (primary N) is 1. The van der Waals surface area contributed by atoms with Crippen LogP contribution in [0.25, 0.3) is 0 Å². The van der Waals surface area contributed by atoms with Crippen molar-refractivity contribution in [3.05, 3.63) is 24.4 Å². The number of rotatable bonds is 12. The van der Waals surface area contributed by atoms with E-state index in [9.17, 15) is 24.0 Å². The molecule has 36 heavy (non-hydrogen) atoms. The van der Waals surface area contributed by atoms with Gasteiger partial charge in [-0.2, -0.15) is 0 Å². The van der Waals surface area contributed by atoms with Gasteiger partial charge in [-0.1, -0.05) is 6.07 Å². The zero-order valence-corrected chi connectivity index (χ0v) is 21.3. The van der Waals surface area contributed by atoms with E-state index < -0.39 is 60.9 Å². The highest BCUT2D eigenvalue weighted by molar-refractivity contribution is 7.80. The average molecular weight is 528 g/mol. The molecular weight excluding hydrogens is 498 g/mol. The van der Waals surface area contributed by atoms with Crippen LogP contribution in [0.4, 0.5) is 5.82 Å². The molecule has 0 aliphatic heterocycles. The number of esters is 5. The van der Waals surface area contributed by atoms with Crippen molar-refractivity contribution >= 4 is 53.0 Å². The Hall–Kier alpha value is -3.81. The maximum absolute atomic E-state index is 12.1. The first-order valence-electron chi connectivity index (χ1n) is 10.6. The predicted octanol–water partition coefficient (Wildman–Crippen LogP) is 0.422. The third-order valence-corrected chi connectivity index (χ3v) is 4.52. The van der Waals surface area contributed by atoms with Crippen LogP contribution in [0.1, 0.15) is 34.6 Å². The molecule has 198 valence electrons. The minimum atomic E-state index is -1.57. The summed E-state index contributed by atoms with van der Waals surface area (Å²) in [5, 5.41) is -0.159. The van der Waals surface area contributed by atoms with E-state index in [2.05, 4.69) is 4.98 Å². The summed E-state index contributed by atoms with van der Waals surface area (Å²) in [4.78, 5) is 64.7. The fourth-order valence-corrected chi connectivity index (χ4v) is 3.28. The molecule has 1 aromatic rings. The summed E-state index contributed by atoms with van der Waals surface area (Å²) in [5.74, 6) is -3.73. The normalized spacial score (nSPS) is 13.7. The molecule has 0 bridgehead atoms. The summed E-state index contributed by atoms with van der Waals surface area (Å²) in [6.07, 6.45) is -4.48. The van der Waals surface area contributed by atoms with Gasteiger partial charge < -0.3 is 29.4 Å². The second-order valence-corrected chi connectivity index (χ2v) is 7.80. The summed E-state index contributed by atoms with van der Waals surface area (Å²) in [5.41, 5.74) is 5.87. The van der Waals surface area contributed by atoms with Crippen molar-refractivity contribution in [2.45, 2.75) is 59.0 Å². The van der Waals surface area contributed by atoms with Crippen molar-refractivity contribution in [3.8, 4) is 0 Å². The van der Waals surface area contributed by atoms with E-state index in [1.165, 1.54) is 11.1 Å². The number of pyridine rings is 1. The minimum absolute atomic E-state index is 0.159. The summed E-state index contributed by atoms with van der Waals surface area (Å²) < 4.78 is 26.3. The van der Waals surface area contributed by atoms with Gasteiger partial charge in [0.25, 0.3) is 0 Å². The fraction of sp³-hybridized carbons (Fsp3) is 0.500. The zero-order valence-electron chi connectivity index (χ0n) is 20.5. The summed E-state index contributed by atoms with van der Waals surface area (Å²) in [6, 6.07) is 4.90. The molecule has 0 fully saturated rings. The maximum atomic E-state index is 12.1. The van der Waals surface area contributed by atoms with Gasteiger partial charge in [0.05, 0.1) is 6.54 Å². The number of aromatic nitrogens is 1. The molecule has 14 heteroatoms. The number of ether oxygens (including phenoxy) is 5. The highest BCUT2D eigenvalue weighted by Gasteiger charge is 2.44. The average Bonchev–Trinajstić information content (AvgIpc) is 2.76. The van der Waals surface area contributed by atoms with Crippen molar-refractivity contribution in [3.63, 3.8) is 0 Å². The molecule has 0 unspecified atom stereocenters. The highest BCUT2D eigenvalue weighted by Crippen LogP contribution is 2.22. The van der Waals surface area contributed by atoms with Gasteiger partial charge in [-0.3, -0.25) is 28.9 Å². The van der Waals surface area contributed by atoms with E-state index in [1.54, 1.807) is 18.2 Å². The van der Waals surface area contributed by atoms with Gasteiger partial charge in [-0.05, 0) is 24.4 Å². The van der Waals surface area contributed by atoms with Crippen LogP contribution in [0.15, 0.2) is 24.4 Å². The van der Waals surface area contributed by atoms with Gasteiger partial charge in [0.15, 0.2) is 29.5 Å². The van der Waals surface area contributed by atoms with Crippen LogP contribution in [0.2, 0.25) is 0 Å². The van der Waals surface area contributed by atoms with Crippen molar-refractivity contribution < 1.29 is 47.7 Å². The third kappa shape index (κ3) is 10.6. The molecule has 1 heterocycles. The van der Waals surface area contributed by atoms with Crippen molar-refractivity contribution in [2.24, 2.45) is 5.73 Å². The number of thiocarbonyl (C=S) groups is 1. The van der Waals surface area contributed by atoms with Crippen LogP contribution < -0.4 is 10.6 Å². The fourth-order valence-electron chi connectivity index (χ4n) is 3.11. The van der Waals surface area contributed by atoms with E-state index in [0.29, 0.717) is 0 Å². The minimum Gasteiger partial charge on any atom is -0.462 e. The third-order valence-electron chi connectivity index (χ3n) is 4.30. The van der Waals surface area contributed by atoms with Gasteiger partial charge in [0.1, 0.15) is 12.4 Å². The lowest BCUT2D eigenvalue weighted by atomic mass is 10.0. The van der Waals surface area contributed by atoms with E-state index in [-0.39, 0.29) is 17.5 Å². The molecule has 0 radical (unpaired) electrons. The molecule has 0 amide bonds. The number of carbonyl (C=O) groups excluding carboxylic acids is 5. The smallest absolute Gasteiger partial charge is 0.303 e. The first-order valence-corrected chi connectivity index (χ1v) is 11.0. The lowest BCUT2D eigenvalue weighted by Gasteiger charge is -2.37. The van der Waals surface area contributed by atoms with Gasteiger partial charge in [-0.15, -0.1) is 0 Å². The molecule has 0 aromatic carbocycles. The van der Waals surface area contributed by atoms with E-state index in [4.69, 9.17) is 41.6 Å². The predicted molar refractivity (Wildman–Crippen MR) is 127 cm³/mol. The van der Waals surface area contributed by atoms with Crippen molar-refractivity contribution in [1.82, 2.24) is 4.98 Å². The summed E-state index contributed by atoms with van der Waals surface area (Å²) >= 11 is 5.12. The first-order chi connectivity index (χ1) is 16.8. The Morgan fingerprint density at radius 2 is 1.33 bits per heavy atom. The molecule has 0 aliphatic rings. The van der Waals surface area contributed by atoms with Crippen LogP contribution in [0.5, 0.6) is 0 Å². The quantitative estimate of drug-likeness (QED) is 0.225. The second-order valence-electron chi connectivity index (χ2n) is 7.38. The molecule has 0 aliphatic carbocycles. The van der Waals surface area contributed by atoms with Crippen molar-refractivity contribution in [1.29, 1.82) is 0 Å². The molecule has 13 nitrogen and oxygen atoms in total. The molecule has 4 atom stereocenters. The zero-order chi connectivity index (χ0) is 27.4. The number of hydrogen-bond donors (Lipinski definition) is 1. The van der Waals surface area contributed by atoms with Gasteiger partial charge in [0.2, 0.25) is 0 Å². The topological polar surface area (TPSA) is 174 Å². The Morgan fingerprint density at radius 3 is 1.75 bits per heavy atom. The van der Waals surface area contributed by atoms with E-state index in [0.717, 1.165) is 34.6 Å². The van der Waals surface area contributed by atoms with Gasteiger partial charge in [0, 0.05) is 40.8 Å². The lowest BCUT2D eigenvalue weighted by Crippen LogP contribution is -2.56. The number of carbonyl (C=O) groups is 5. The van der Waals surface area contributed by atoms with Gasteiger partial charge in [-0.25, -0.2) is 4.98 Å². The molecule has 0 saturated heterocycles. The van der Waals surface area contributed by atoms with Crippen molar-refractivity contribution in [2.75, 3.05) is 18.1 Å². The van der Waals surface area contributed by atoms with Gasteiger partial charge >= 0.3 is 29.8 Å². The number of anilines is 1. The molecule has 0 spiro atoms. The molecule has 2 N–H and O–H groups in total. The van der Waals surface area contributed by atoms with Crippen LogP contribution in [-0.4, -0.2) is 77.5 Å². The molecule has 0 saturated carbocycles. The Labute approximate surface area is 213 Å². The van der Waals surface area contributed by atoms with Crippen LogP contribution in [0, 0.1) is 0 Å². The Balaban J connectivity index is 3.60. The summed E-state index contributed by atoms with van der Waals surface area (Å²) in [6.45, 7) is 4.56. The largest absolute Gasteiger partial charge is 0.462 e. The number of hydrogen-bond acceptors (Lipinski definition) is 12. The van der Waals surface area contributed by atoms with Crippen LogP contribution >= 0.6 is 12.2 Å². The monoisotopic (exact) mass is 527 g/mol. The first kappa shape index (κ1) is 30.2. The molecule has 1 aromatic heterocycles. The second kappa shape index (κ2) is 14.6. The summed E-state index contributed by atoms with van der Waals surface area (Å²) in [7, 11) is 0. The Morgan fingerprint density at radius 1 is 0.833 bits per heavy atom. The Bertz CT molecular complexity index is 959. The highest BCUT2D eigenvalue weighted by atomic mass is 32.1. The lowest BCUT2D eigenvalue weighted by molar-refractivity contribution is -0.201. The van der Waals surface area contributed by atoms with E-state index in [1.807, 2.05) is 0 Å². The van der Waals surface area contributed by atoms with E-state index >= 15 is 0 Å². The number of nitrogens with zero attached hydrogens (tertiary/aromatic N) is 2. The molecule has 1 rings (SSSR count). The molecular formula is C22H29N3O10S.